The maximum Gasteiger partial charge on any atom is 0.230 e. The summed E-state index contributed by atoms with van der Waals surface area (Å²) in [6, 6.07) is 8.47. The summed E-state index contributed by atoms with van der Waals surface area (Å²) in [5.41, 5.74) is 1.98. The number of rotatable bonds is 3. The lowest BCUT2D eigenvalue weighted by atomic mass is 10.3. The molecule has 0 aliphatic heterocycles. The molecule has 0 atom stereocenters. The Kier molecular flexibility index (Phi) is 4.25. The number of carbonyl (C=O) groups excluding carboxylic acids is 1. The number of halogens is 3. The largest absolute Gasteiger partial charge is 0.326 e. The number of hydrogen-bond acceptors (Lipinski definition) is 2. The molecule has 2 heterocycles. The van der Waals surface area contributed by atoms with Crippen molar-refractivity contribution in [1.82, 2.24) is 9.38 Å². The zero-order valence-corrected chi connectivity index (χ0v) is 13.5. The Bertz CT molecular complexity index is 860. The Morgan fingerprint density at radius 3 is 2.68 bits per heavy atom. The first-order valence-electron chi connectivity index (χ1n) is 6.39. The Labute approximate surface area is 141 Å². The molecule has 7 heteroatoms. The number of hydrogen-bond donors (Lipinski definition) is 1. The SMILES string of the molecule is O=C(Cc1cn2cc(Cl)ccc2n1)Nc1ccc(Cl)c(Cl)c1. The van der Waals surface area contributed by atoms with E-state index in [0.717, 1.165) is 5.65 Å². The quantitative estimate of drug-likeness (QED) is 0.754. The monoisotopic (exact) mass is 353 g/mol. The Hall–Kier alpha value is -1.75. The number of pyridine rings is 1. The summed E-state index contributed by atoms with van der Waals surface area (Å²) in [6.45, 7) is 0. The molecule has 3 aromatic rings. The molecule has 0 aliphatic carbocycles. The molecule has 1 N–H and O–H groups in total. The number of aromatic nitrogens is 2. The minimum Gasteiger partial charge on any atom is -0.326 e. The first-order chi connectivity index (χ1) is 10.5. The van der Waals surface area contributed by atoms with Gasteiger partial charge in [-0.15, -0.1) is 0 Å². The van der Waals surface area contributed by atoms with E-state index in [1.54, 1.807) is 47.1 Å². The normalized spacial score (nSPS) is 10.9. The van der Waals surface area contributed by atoms with Crippen LogP contribution in [0.2, 0.25) is 15.1 Å². The highest BCUT2D eigenvalue weighted by Crippen LogP contribution is 2.25. The summed E-state index contributed by atoms with van der Waals surface area (Å²) >= 11 is 17.7. The van der Waals surface area contributed by atoms with Crippen molar-refractivity contribution in [2.75, 3.05) is 5.32 Å². The molecule has 0 bridgehead atoms. The minimum absolute atomic E-state index is 0.152. The standard InChI is InChI=1S/C15H10Cl3N3O/c16-9-1-4-14-19-11(8-21(14)7-9)6-15(22)20-10-2-3-12(17)13(18)5-10/h1-5,7-8H,6H2,(H,20,22). The van der Waals surface area contributed by atoms with Gasteiger partial charge in [-0.1, -0.05) is 34.8 Å². The molecule has 1 amide bonds. The number of amides is 1. The summed E-state index contributed by atoms with van der Waals surface area (Å²) < 4.78 is 1.78. The fourth-order valence-electron chi connectivity index (χ4n) is 2.05. The van der Waals surface area contributed by atoms with Gasteiger partial charge in [0.25, 0.3) is 0 Å². The van der Waals surface area contributed by atoms with Crippen LogP contribution in [0.1, 0.15) is 5.69 Å². The Morgan fingerprint density at radius 1 is 1.09 bits per heavy atom. The van der Waals surface area contributed by atoms with E-state index < -0.39 is 0 Å². The molecule has 0 aliphatic rings. The second-order valence-electron chi connectivity index (χ2n) is 4.70. The van der Waals surface area contributed by atoms with Gasteiger partial charge in [0.05, 0.1) is 27.2 Å². The second kappa shape index (κ2) is 6.16. The summed E-state index contributed by atoms with van der Waals surface area (Å²) in [7, 11) is 0. The summed E-state index contributed by atoms with van der Waals surface area (Å²) in [4.78, 5) is 16.4. The predicted octanol–water partition coefficient (Wildman–Crippen LogP) is 4.48. The molecule has 4 nitrogen and oxygen atoms in total. The fourth-order valence-corrected chi connectivity index (χ4v) is 2.51. The highest BCUT2D eigenvalue weighted by Gasteiger charge is 2.09. The highest BCUT2D eigenvalue weighted by atomic mass is 35.5. The van der Waals surface area contributed by atoms with E-state index in [0.29, 0.717) is 26.4 Å². The van der Waals surface area contributed by atoms with E-state index in [2.05, 4.69) is 10.3 Å². The van der Waals surface area contributed by atoms with Crippen molar-refractivity contribution in [2.24, 2.45) is 0 Å². The minimum atomic E-state index is -0.187. The van der Waals surface area contributed by atoms with Gasteiger partial charge in [-0.25, -0.2) is 4.98 Å². The van der Waals surface area contributed by atoms with Crippen LogP contribution in [-0.2, 0) is 11.2 Å². The van der Waals surface area contributed by atoms with Gasteiger partial charge < -0.3 is 9.72 Å². The molecular formula is C15H10Cl3N3O. The third-order valence-electron chi connectivity index (χ3n) is 3.01. The molecule has 0 spiro atoms. The number of imidazole rings is 1. The van der Waals surface area contributed by atoms with Crippen LogP contribution in [0, 0.1) is 0 Å². The van der Waals surface area contributed by atoms with Gasteiger partial charge >= 0.3 is 0 Å². The van der Waals surface area contributed by atoms with Crippen LogP contribution in [0.4, 0.5) is 5.69 Å². The maximum atomic E-state index is 12.1. The van der Waals surface area contributed by atoms with Crippen LogP contribution in [-0.4, -0.2) is 15.3 Å². The van der Waals surface area contributed by atoms with Gasteiger partial charge in [-0.3, -0.25) is 4.79 Å². The lowest BCUT2D eigenvalue weighted by Crippen LogP contribution is -2.14. The molecule has 2 aromatic heterocycles. The average molecular weight is 355 g/mol. The number of anilines is 1. The van der Waals surface area contributed by atoms with Crippen LogP contribution in [0.3, 0.4) is 0 Å². The zero-order chi connectivity index (χ0) is 15.7. The summed E-state index contributed by atoms with van der Waals surface area (Å²) in [5.74, 6) is -0.187. The first kappa shape index (κ1) is 15.2. The Balaban J connectivity index is 1.73. The lowest BCUT2D eigenvalue weighted by Gasteiger charge is -2.05. The number of nitrogens with zero attached hydrogens (tertiary/aromatic N) is 2. The first-order valence-corrected chi connectivity index (χ1v) is 7.53. The summed E-state index contributed by atoms with van der Waals surface area (Å²) in [5, 5.41) is 4.20. The zero-order valence-electron chi connectivity index (χ0n) is 11.2. The molecule has 112 valence electrons. The van der Waals surface area contributed by atoms with Crippen molar-refractivity contribution in [1.29, 1.82) is 0 Å². The van der Waals surface area contributed by atoms with Crippen LogP contribution < -0.4 is 5.32 Å². The van der Waals surface area contributed by atoms with Gasteiger partial charge in [0.1, 0.15) is 5.65 Å². The molecule has 1 aromatic carbocycles. The number of carbonyl (C=O) groups is 1. The third kappa shape index (κ3) is 3.35. The number of fused-ring (bicyclic) bond motifs is 1. The van der Waals surface area contributed by atoms with E-state index in [1.165, 1.54) is 0 Å². The van der Waals surface area contributed by atoms with Crippen molar-refractivity contribution in [2.45, 2.75) is 6.42 Å². The number of benzene rings is 1. The van der Waals surface area contributed by atoms with Gasteiger partial charge in [0.2, 0.25) is 5.91 Å². The Morgan fingerprint density at radius 2 is 1.91 bits per heavy atom. The molecular weight excluding hydrogens is 345 g/mol. The van der Waals surface area contributed by atoms with Gasteiger partial charge in [0, 0.05) is 18.1 Å². The molecule has 0 saturated carbocycles. The van der Waals surface area contributed by atoms with Gasteiger partial charge in [-0.05, 0) is 30.3 Å². The van der Waals surface area contributed by atoms with Crippen LogP contribution in [0.15, 0.2) is 42.7 Å². The van der Waals surface area contributed by atoms with Crippen molar-refractivity contribution >= 4 is 52.0 Å². The average Bonchev–Trinajstić information content (AvgIpc) is 2.84. The van der Waals surface area contributed by atoms with Crippen LogP contribution in [0.5, 0.6) is 0 Å². The lowest BCUT2D eigenvalue weighted by molar-refractivity contribution is -0.115. The van der Waals surface area contributed by atoms with Crippen molar-refractivity contribution in [3.8, 4) is 0 Å². The third-order valence-corrected chi connectivity index (χ3v) is 3.97. The molecule has 0 fully saturated rings. The molecule has 0 saturated heterocycles. The summed E-state index contributed by atoms with van der Waals surface area (Å²) in [6.07, 6.45) is 3.67. The highest BCUT2D eigenvalue weighted by molar-refractivity contribution is 6.42. The molecule has 22 heavy (non-hydrogen) atoms. The maximum absolute atomic E-state index is 12.1. The molecule has 0 radical (unpaired) electrons. The van der Waals surface area contributed by atoms with E-state index in [9.17, 15) is 4.79 Å². The smallest absolute Gasteiger partial charge is 0.230 e. The molecule has 0 unspecified atom stereocenters. The van der Waals surface area contributed by atoms with Gasteiger partial charge in [-0.2, -0.15) is 0 Å². The van der Waals surface area contributed by atoms with Gasteiger partial charge in [0.15, 0.2) is 0 Å². The number of nitrogens with one attached hydrogen (secondary N) is 1. The van der Waals surface area contributed by atoms with Crippen molar-refractivity contribution in [3.05, 3.63) is 63.5 Å². The van der Waals surface area contributed by atoms with Crippen LogP contribution in [0.25, 0.3) is 5.65 Å². The van der Waals surface area contributed by atoms with E-state index in [1.807, 2.05) is 0 Å². The topological polar surface area (TPSA) is 46.4 Å². The van der Waals surface area contributed by atoms with E-state index in [-0.39, 0.29) is 12.3 Å². The van der Waals surface area contributed by atoms with Crippen molar-refractivity contribution < 1.29 is 4.79 Å². The molecule has 3 rings (SSSR count). The fraction of sp³-hybridized carbons (Fsp3) is 0.0667. The van der Waals surface area contributed by atoms with Crippen molar-refractivity contribution in [3.63, 3.8) is 0 Å². The van der Waals surface area contributed by atoms with E-state index >= 15 is 0 Å². The van der Waals surface area contributed by atoms with Crippen LogP contribution >= 0.6 is 34.8 Å². The van der Waals surface area contributed by atoms with E-state index in [4.69, 9.17) is 34.8 Å². The second-order valence-corrected chi connectivity index (χ2v) is 5.95. The predicted molar refractivity (Wildman–Crippen MR) is 89.0 cm³/mol.